The fourth-order valence-electron chi connectivity index (χ4n) is 2.74. The number of nitrogens with zero attached hydrogens (tertiary/aromatic N) is 1. The van der Waals surface area contributed by atoms with Crippen LogP contribution in [0.2, 0.25) is 0 Å². The molecule has 1 N–H and O–H groups in total. The number of hydrogen-bond donors (Lipinski definition) is 1. The Morgan fingerprint density at radius 1 is 1.15 bits per heavy atom. The number of benzene rings is 2. The highest BCUT2D eigenvalue weighted by molar-refractivity contribution is 8.26. The zero-order valence-corrected chi connectivity index (χ0v) is 16.5. The van der Waals surface area contributed by atoms with Crippen molar-refractivity contribution in [1.29, 1.82) is 0 Å². The average Bonchev–Trinajstić information content (AvgIpc) is 2.89. The topological polar surface area (TPSA) is 41.6 Å². The van der Waals surface area contributed by atoms with Crippen molar-refractivity contribution in [3.63, 3.8) is 0 Å². The van der Waals surface area contributed by atoms with Gasteiger partial charge in [-0.25, -0.2) is 0 Å². The maximum atomic E-state index is 12.7. The molecule has 1 amide bonds. The Morgan fingerprint density at radius 3 is 2.42 bits per heavy atom. The maximum absolute atomic E-state index is 12.7. The Balaban J connectivity index is 1.73. The lowest BCUT2D eigenvalue weighted by atomic mass is 10.1. The van der Waals surface area contributed by atoms with Gasteiger partial charge in [-0.2, -0.15) is 0 Å². The Kier molecular flexibility index (Phi) is 5.64. The Morgan fingerprint density at radius 2 is 1.81 bits per heavy atom. The van der Waals surface area contributed by atoms with Crippen LogP contribution in [0.5, 0.6) is 5.75 Å². The van der Waals surface area contributed by atoms with Gasteiger partial charge in [0, 0.05) is 5.69 Å². The lowest BCUT2D eigenvalue weighted by molar-refractivity contribution is -0.121. The molecule has 1 heterocycles. The normalized spacial score (nSPS) is 15.7. The van der Waals surface area contributed by atoms with Crippen LogP contribution in [0.25, 0.3) is 6.08 Å². The summed E-state index contributed by atoms with van der Waals surface area (Å²) in [5.41, 5.74) is 4.27. The van der Waals surface area contributed by atoms with Crippen LogP contribution >= 0.6 is 24.0 Å². The van der Waals surface area contributed by atoms with E-state index in [-0.39, 0.29) is 5.91 Å². The third kappa shape index (κ3) is 3.92. The van der Waals surface area contributed by atoms with Crippen LogP contribution in [-0.2, 0) is 4.79 Å². The van der Waals surface area contributed by atoms with Gasteiger partial charge in [0.05, 0.1) is 18.7 Å². The second-order valence-electron chi connectivity index (χ2n) is 5.98. The van der Waals surface area contributed by atoms with Crippen molar-refractivity contribution >= 4 is 46.0 Å². The van der Waals surface area contributed by atoms with Crippen molar-refractivity contribution in [2.75, 3.05) is 19.1 Å². The molecule has 0 aromatic heterocycles. The van der Waals surface area contributed by atoms with Crippen molar-refractivity contribution in [1.82, 2.24) is 4.90 Å². The predicted octanol–water partition coefficient (Wildman–Crippen LogP) is 4.58. The van der Waals surface area contributed by atoms with E-state index < -0.39 is 0 Å². The lowest BCUT2D eigenvalue weighted by Crippen LogP contribution is -2.33. The predicted molar refractivity (Wildman–Crippen MR) is 112 cm³/mol. The van der Waals surface area contributed by atoms with Crippen LogP contribution in [0, 0.1) is 13.8 Å². The quantitative estimate of drug-likeness (QED) is 0.603. The average molecular weight is 385 g/mol. The van der Waals surface area contributed by atoms with Crippen LogP contribution in [-0.4, -0.2) is 28.9 Å². The third-order valence-electron chi connectivity index (χ3n) is 4.18. The fourth-order valence-corrected chi connectivity index (χ4v) is 3.99. The number of thioether (sulfide) groups is 1. The summed E-state index contributed by atoms with van der Waals surface area (Å²) in [6, 6.07) is 13.7. The van der Waals surface area contributed by atoms with Gasteiger partial charge < -0.3 is 10.1 Å². The maximum Gasteiger partial charge on any atom is 0.267 e. The number of amides is 1. The van der Waals surface area contributed by atoms with Crippen molar-refractivity contribution in [2.24, 2.45) is 0 Å². The molecule has 0 unspecified atom stereocenters. The number of rotatable bonds is 5. The molecule has 4 nitrogen and oxygen atoms in total. The zero-order valence-electron chi connectivity index (χ0n) is 14.9. The number of hydrogen-bond acceptors (Lipinski definition) is 5. The largest absolute Gasteiger partial charge is 0.497 e. The first kappa shape index (κ1) is 18.5. The molecule has 1 aliphatic heterocycles. The number of anilines is 1. The summed E-state index contributed by atoms with van der Waals surface area (Å²) in [6.07, 6.45) is 1.86. The molecule has 1 aliphatic rings. The van der Waals surface area contributed by atoms with Gasteiger partial charge >= 0.3 is 0 Å². The highest BCUT2D eigenvalue weighted by Gasteiger charge is 2.31. The summed E-state index contributed by atoms with van der Waals surface area (Å²) in [6.45, 7) is 4.45. The minimum atomic E-state index is -0.0745. The van der Waals surface area contributed by atoms with Gasteiger partial charge in [-0.05, 0) is 48.7 Å². The minimum absolute atomic E-state index is 0.0745. The number of carbonyl (C=O) groups is 1. The van der Waals surface area contributed by atoms with Gasteiger partial charge in [-0.3, -0.25) is 9.69 Å². The van der Waals surface area contributed by atoms with E-state index >= 15 is 0 Å². The molecule has 26 heavy (non-hydrogen) atoms. The van der Waals surface area contributed by atoms with Crippen molar-refractivity contribution in [3.05, 3.63) is 64.1 Å². The van der Waals surface area contributed by atoms with Gasteiger partial charge in [0.15, 0.2) is 0 Å². The molecule has 0 atom stereocenters. The highest BCUT2D eigenvalue weighted by Crippen LogP contribution is 2.33. The molecule has 2 aromatic carbocycles. The fraction of sp³-hybridized carbons (Fsp3) is 0.200. The second-order valence-corrected chi connectivity index (χ2v) is 7.66. The van der Waals surface area contributed by atoms with Gasteiger partial charge in [-0.1, -0.05) is 54.3 Å². The molecule has 134 valence electrons. The van der Waals surface area contributed by atoms with E-state index in [0.29, 0.717) is 15.9 Å². The molecule has 6 heteroatoms. The lowest BCUT2D eigenvalue weighted by Gasteiger charge is -2.18. The summed E-state index contributed by atoms with van der Waals surface area (Å²) in [4.78, 5) is 14.9. The molecule has 0 bridgehead atoms. The van der Waals surface area contributed by atoms with E-state index in [1.807, 2.05) is 62.4 Å². The van der Waals surface area contributed by atoms with Crippen molar-refractivity contribution in [2.45, 2.75) is 13.8 Å². The van der Waals surface area contributed by atoms with E-state index in [4.69, 9.17) is 17.0 Å². The number of nitrogens with one attached hydrogen (secondary N) is 1. The van der Waals surface area contributed by atoms with E-state index in [1.165, 1.54) is 11.8 Å². The molecule has 0 radical (unpaired) electrons. The summed E-state index contributed by atoms with van der Waals surface area (Å²) in [7, 11) is 1.63. The minimum Gasteiger partial charge on any atom is -0.497 e. The molecule has 0 spiro atoms. The third-order valence-corrected chi connectivity index (χ3v) is 5.56. The van der Waals surface area contributed by atoms with Crippen molar-refractivity contribution < 1.29 is 9.53 Å². The first-order valence-corrected chi connectivity index (χ1v) is 9.41. The zero-order chi connectivity index (χ0) is 18.7. The molecule has 3 rings (SSSR count). The van der Waals surface area contributed by atoms with Crippen LogP contribution < -0.4 is 10.1 Å². The summed E-state index contributed by atoms with van der Waals surface area (Å²) in [5, 5.41) is 3.34. The molecule has 2 aromatic rings. The molecule has 0 aliphatic carbocycles. The van der Waals surface area contributed by atoms with Gasteiger partial charge in [0.2, 0.25) is 0 Å². The first-order valence-electron chi connectivity index (χ1n) is 8.19. The first-order chi connectivity index (χ1) is 12.5. The van der Waals surface area contributed by atoms with E-state index in [9.17, 15) is 4.79 Å². The summed E-state index contributed by atoms with van der Waals surface area (Å²) < 4.78 is 5.72. The Hall–Kier alpha value is -2.31. The van der Waals surface area contributed by atoms with Crippen LogP contribution in [0.3, 0.4) is 0 Å². The summed E-state index contributed by atoms with van der Waals surface area (Å²) in [5.74, 6) is 0.710. The van der Waals surface area contributed by atoms with Gasteiger partial charge in [0.25, 0.3) is 5.91 Å². The van der Waals surface area contributed by atoms with E-state index in [1.54, 1.807) is 12.0 Å². The van der Waals surface area contributed by atoms with E-state index in [2.05, 4.69) is 5.32 Å². The molecule has 0 saturated carbocycles. The SMILES string of the molecule is COc1ccc(C=C2SC(=S)N(CNc3c(C)cccc3C)C2=O)cc1. The standard InChI is InChI=1S/C20H20N2O2S2/c1-13-5-4-6-14(2)18(13)21-12-22-19(23)17(26-20(22)25)11-15-7-9-16(24-3)10-8-15/h4-11,21H,12H2,1-3H3. The monoisotopic (exact) mass is 384 g/mol. The van der Waals surface area contributed by atoms with Gasteiger partial charge in [0.1, 0.15) is 10.1 Å². The van der Waals surface area contributed by atoms with Gasteiger partial charge in [-0.15, -0.1) is 0 Å². The molecular weight excluding hydrogens is 364 g/mol. The van der Waals surface area contributed by atoms with Crippen LogP contribution in [0.1, 0.15) is 16.7 Å². The number of carbonyl (C=O) groups excluding carboxylic acids is 1. The number of thiocarbonyl (C=S) groups is 1. The Bertz CT molecular complexity index is 856. The molecule has 1 saturated heterocycles. The number of aryl methyl sites for hydroxylation is 2. The molecule has 1 fully saturated rings. The smallest absolute Gasteiger partial charge is 0.267 e. The van der Waals surface area contributed by atoms with Crippen LogP contribution in [0.15, 0.2) is 47.4 Å². The van der Waals surface area contributed by atoms with E-state index in [0.717, 1.165) is 28.1 Å². The van der Waals surface area contributed by atoms with Crippen molar-refractivity contribution in [3.8, 4) is 5.75 Å². The second kappa shape index (κ2) is 7.93. The van der Waals surface area contributed by atoms with Crippen LogP contribution in [0.4, 0.5) is 5.69 Å². The summed E-state index contributed by atoms with van der Waals surface area (Å²) >= 11 is 6.73. The highest BCUT2D eigenvalue weighted by atomic mass is 32.2. The number of para-hydroxylation sites is 1. The molecular formula is C20H20N2O2S2. The number of ether oxygens (including phenoxy) is 1. The Labute approximate surface area is 163 Å². The number of methoxy groups -OCH3 is 1.